The molecule has 0 nitrogen and oxygen atoms in total. The first-order valence-electron chi connectivity index (χ1n) is 0.378. The molecule has 0 aliphatic rings. The molecule has 0 aliphatic carbocycles. The minimum atomic E-state index is 0. The molecule has 0 spiro atoms. The molecule has 0 atom stereocenters. The Morgan fingerprint density at radius 3 is 1.17 bits per heavy atom. The smallest absolute Gasteiger partial charge is 0 e. The van der Waals surface area contributed by atoms with Gasteiger partial charge in [-0.1, -0.05) is 0 Å². The molecule has 0 unspecified atom stereocenters. The second-order valence-corrected chi connectivity index (χ2v) is 0. The van der Waals surface area contributed by atoms with Gasteiger partial charge in [-0.15, -0.1) is 0 Å². The molecule has 1 radical (unpaired) electrons. The SMILES string of the molecule is [BH2][Re].[Co].[Cr].[Pd].[Pt]. The van der Waals surface area contributed by atoms with Crippen LogP contribution in [-0.4, -0.2) is 6.20 Å². The van der Waals surface area contributed by atoms with Crippen LogP contribution in [0, 0.1) is 0 Å². The maximum Gasteiger partial charge on any atom is 0 e. The summed E-state index contributed by atoms with van der Waals surface area (Å²) in [5.41, 5.74) is 0. The summed E-state index contributed by atoms with van der Waals surface area (Å²) >= 11 is 1.72. The largest absolute Gasteiger partial charge is 0 e. The molecule has 0 heterocycles. The van der Waals surface area contributed by atoms with Crippen LogP contribution in [0.3, 0.4) is 0 Å². The molecule has 0 rings (SSSR count). The van der Waals surface area contributed by atoms with E-state index < -0.39 is 0 Å². The van der Waals surface area contributed by atoms with Gasteiger partial charge in [0.2, 0.25) is 0 Å². The van der Waals surface area contributed by atoms with Crippen LogP contribution in [0.25, 0.3) is 0 Å². The fraction of sp³-hybridized carbons (Fsp3) is 0. The van der Waals surface area contributed by atoms with Crippen LogP contribution in [0.15, 0.2) is 0 Å². The summed E-state index contributed by atoms with van der Waals surface area (Å²) < 4.78 is 0. The predicted octanol–water partition coefficient (Wildman–Crippen LogP) is -0.929. The van der Waals surface area contributed by atoms with Crippen molar-refractivity contribution < 1.29 is 94.6 Å². The maximum atomic E-state index is 2.06. The predicted molar refractivity (Wildman–Crippen MR) is 8.54 cm³/mol. The summed E-state index contributed by atoms with van der Waals surface area (Å²) in [4.78, 5) is 0. The minimum Gasteiger partial charge on any atom is 0 e. The van der Waals surface area contributed by atoms with Crippen LogP contribution >= 0.6 is 0 Å². The van der Waals surface area contributed by atoms with Crippen molar-refractivity contribution in [3.63, 3.8) is 0 Å². The number of hydrogen-bond acceptors (Lipinski definition) is 0. The third kappa shape index (κ3) is 27.4. The molecule has 0 aromatic carbocycles. The van der Waals surface area contributed by atoms with Crippen LogP contribution in [0.5, 0.6) is 0 Å². The monoisotopic (exact) mass is 612 g/mol. The summed E-state index contributed by atoms with van der Waals surface area (Å²) in [6, 6.07) is 0. The fourth-order valence-corrected chi connectivity index (χ4v) is 0. The quantitative estimate of drug-likeness (QED) is 0.311. The zero-order chi connectivity index (χ0) is 2.00. The normalized spacial score (nSPS) is 0.833. The van der Waals surface area contributed by atoms with Gasteiger partial charge in [0.25, 0.3) is 0 Å². The fourth-order valence-electron chi connectivity index (χ4n) is 0. The standard InChI is InChI=1S/BH2.Co.Cr.Pd.Pt.Re/h1H2;;;;;/q+1;;;;;-1. The van der Waals surface area contributed by atoms with Crippen LogP contribution in [0.4, 0.5) is 0 Å². The van der Waals surface area contributed by atoms with Crippen molar-refractivity contribution in [3.8, 4) is 0 Å². The molecular formula is H2BCoCrPdPtRe. The molecule has 0 saturated heterocycles. The molecule has 0 fully saturated rings. The van der Waals surface area contributed by atoms with Gasteiger partial charge in [-0.25, -0.2) is 0 Å². The summed E-state index contributed by atoms with van der Waals surface area (Å²) in [5, 5.41) is 0. The molecule has 0 bridgehead atoms. The number of rotatable bonds is 0. The van der Waals surface area contributed by atoms with E-state index in [1.54, 1.807) is 19.0 Å². The van der Waals surface area contributed by atoms with Crippen molar-refractivity contribution >= 4 is 6.20 Å². The zero-order valence-corrected chi connectivity index (χ0v) is 11.6. The Hall–Kier alpha value is 3.12. The second kappa shape index (κ2) is 42.3. The van der Waals surface area contributed by atoms with Gasteiger partial charge in [-0.3, -0.25) is 0 Å². The van der Waals surface area contributed by atoms with Crippen LogP contribution in [0.1, 0.15) is 0 Å². The summed E-state index contributed by atoms with van der Waals surface area (Å²) in [6.45, 7) is 0. The number of hydrogen-bond donors (Lipinski definition) is 0. The van der Waals surface area contributed by atoms with Gasteiger partial charge in [-0.05, 0) is 0 Å². The van der Waals surface area contributed by atoms with E-state index in [1.807, 2.05) is 0 Å². The van der Waals surface area contributed by atoms with E-state index in [9.17, 15) is 0 Å². The van der Waals surface area contributed by atoms with Crippen LogP contribution in [-0.2, 0) is 94.6 Å². The third-order valence-corrected chi connectivity index (χ3v) is 0. The van der Waals surface area contributed by atoms with E-state index in [2.05, 4.69) is 6.20 Å². The van der Waals surface area contributed by atoms with Gasteiger partial charge >= 0.3 is 25.2 Å². The van der Waals surface area contributed by atoms with E-state index >= 15 is 0 Å². The first kappa shape index (κ1) is 35.4. The van der Waals surface area contributed by atoms with Gasteiger partial charge < -0.3 is 0 Å². The van der Waals surface area contributed by atoms with Gasteiger partial charge in [-0.2, -0.15) is 0 Å². The van der Waals surface area contributed by atoms with Gasteiger partial charge in [0.1, 0.15) is 0 Å². The Labute approximate surface area is 99.2 Å². The summed E-state index contributed by atoms with van der Waals surface area (Å²) in [6.07, 6.45) is 2.06. The molecule has 0 amide bonds. The molecule has 0 aromatic rings. The Morgan fingerprint density at radius 2 is 1.17 bits per heavy atom. The molecule has 0 aliphatic heterocycles. The average Bonchev–Trinajstić information content (AvgIpc) is 1.00. The molecule has 0 N–H and O–H groups in total. The summed E-state index contributed by atoms with van der Waals surface area (Å²) in [7, 11) is 0. The van der Waals surface area contributed by atoms with Crippen LogP contribution in [0.2, 0.25) is 0 Å². The first-order chi connectivity index (χ1) is 1.00. The minimum absolute atomic E-state index is 0. The Balaban J connectivity index is -0.000000000833. The molecule has 0 saturated carbocycles. The third-order valence-electron chi connectivity index (χ3n) is 0. The Kier molecular flexibility index (Phi) is 250. The Bertz CT molecular complexity index is 15.5. The second-order valence-electron chi connectivity index (χ2n) is 0. The van der Waals surface area contributed by atoms with Crippen LogP contribution < -0.4 is 0 Å². The van der Waals surface area contributed by atoms with Crippen molar-refractivity contribution in [3.05, 3.63) is 0 Å². The Morgan fingerprint density at radius 1 is 1.17 bits per heavy atom. The van der Waals surface area contributed by atoms with E-state index in [0.29, 0.717) is 0 Å². The van der Waals surface area contributed by atoms with Gasteiger partial charge in [0, 0.05) is 75.6 Å². The molecular weight excluding hydrogens is 609 g/mol. The average molecular weight is 611 g/mol. The van der Waals surface area contributed by atoms with Crippen molar-refractivity contribution in [2.75, 3.05) is 0 Å². The van der Waals surface area contributed by atoms with E-state index in [0.717, 1.165) is 0 Å². The zero-order valence-electron chi connectivity index (χ0n) is 2.75. The van der Waals surface area contributed by atoms with Gasteiger partial charge in [0.05, 0.1) is 0 Å². The van der Waals surface area contributed by atoms with Crippen molar-refractivity contribution in [1.29, 1.82) is 0 Å². The van der Waals surface area contributed by atoms with E-state index in [1.165, 1.54) is 0 Å². The van der Waals surface area contributed by atoms with E-state index in [4.69, 9.17) is 0 Å². The molecule has 0 aromatic heterocycles. The first-order valence-corrected chi connectivity index (χ1v) is 3.09. The summed E-state index contributed by atoms with van der Waals surface area (Å²) in [5.74, 6) is 0. The van der Waals surface area contributed by atoms with E-state index in [-0.39, 0.29) is 75.6 Å². The molecule has 6 heavy (non-hydrogen) atoms. The van der Waals surface area contributed by atoms with Crippen molar-refractivity contribution in [2.45, 2.75) is 0 Å². The maximum absolute atomic E-state index is 2.06. The van der Waals surface area contributed by atoms with Crippen molar-refractivity contribution in [2.24, 2.45) is 0 Å². The van der Waals surface area contributed by atoms with Crippen molar-refractivity contribution in [1.82, 2.24) is 0 Å². The molecule has 6 heteroatoms. The van der Waals surface area contributed by atoms with Gasteiger partial charge in [0.15, 0.2) is 0 Å². The molecule has 47 valence electrons. The topological polar surface area (TPSA) is 0 Å².